The van der Waals surface area contributed by atoms with Crippen LogP contribution in [0.25, 0.3) is 0 Å². The third kappa shape index (κ3) is 5.82. The molecule has 2 saturated heterocycles. The minimum absolute atomic E-state index is 0.0410. The quantitative estimate of drug-likeness (QED) is 0.415. The standard InChI is InChI=1S/C24H24ClFN2O5S/c25-19-12-17(26)6-7-21(19)34-15-22(29)27-10-8-18(9-11-27)28-20(14-33-24(28)31)23(30)32-13-16-4-2-1-3-5-16/h1-7,12,18,20H,8-11,13-15H2. The van der Waals surface area contributed by atoms with Gasteiger partial charge in [0, 0.05) is 24.0 Å². The molecule has 0 saturated carbocycles. The van der Waals surface area contributed by atoms with Crippen LogP contribution in [-0.2, 0) is 25.7 Å². The lowest BCUT2D eigenvalue weighted by molar-refractivity contribution is -0.150. The van der Waals surface area contributed by atoms with Crippen LogP contribution < -0.4 is 0 Å². The molecule has 34 heavy (non-hydrogen) atoms. The number of hydrogen-bond donors (Lipinski definition) is 0. The Morgan fingerprint density at radius 1 is 1.15 bits per heavy atom. The maximum Gasteiger partial charge on any atom is 0.410 e. The molecular weight excluding hydrogens is 483 g/mol. The van der Waals surface area contributed by atoms with E-state index in [-0.39, 0.29) is 35.9 Å². The molecule has 0 N–H and O–H groups in total. The number of halogens is 2. The molecule has 0 aliphatic carbocycles. The van der Waals surface area contributed by atoms with Crippen molar-refractivity contribution in [3.8, 4) is 0 Å². The van der Waals surface area contributed by atoms with Gasteiger partial charge in [0.25, 0.3) is 0 Å². The van der Waals surface area contributed by atoms with Gasteiger partial charge in [0.05, 0.1) is 10.8 Å². The van der Waals surface area contributed by atoms with Crippen LogP contribution in [0.15, 0.2) is 53.4 Å². The maximum absolute atomic E-state index is 13.2. The number of esters is 1. The summed E-state index contributed by atoms with van der Waals surface area (Å²) >= 11 is 7.28. The molecule has 4 rings (SSSR count). The molecule has 2 aromatic rings. The normalized spacial score (nSPS) is 18.6. The number of cyclic esters (lactones) is 1. The number of hydrogen-bond acceptors (Lipinski definition) is 6. The van der Waals surface area contributed by atoms with E-state index in [1.165, 1.54) is 28.8 Å². The molecule has 1 unspecified atom stereocenters. The lowest BCUT2D eigenvalue weighted by Gasteiger charge is -2.37. The topological polar surface area (TPSA) is 76.2 Å². The SMILES string of the molecule is O=C(OCc1ccccc1)C1COC(=O)N1C1CCN(C(=O)CSc2ccc(F)cc2Cl)CC1. The first-order chi connectivity index (χ1) is 16.4. The Bertz CT molecular complexity index is 1050. The summed E-state index contributed by atoms with van der Waals surface area (Å²) in [6, 6.07) is 12.4. The predicted octanol–water partition coefficient (Wildman–Crippen LogP) is 4.13. The van der Waals surface area contributed by atoms with E-state index in [0.29, 0.717) is 30.8 Å². The maximum atomic E-state index is 13.2. The molecule has 0 bridgehead atoms. The fraction of sp³-hybridized carbons (Fsp3) is 0.375. The first-order valence-corrected chi connectivity index (χ1v) is 12.3. The van der Waals surface area contributed by atoms with Crippen molar-refractivity contribution in [1.82, 2.24) is 9.80 Å². The monoisotopic (exact) mass is 506 g/mol. The van der Waals surface area contributed by atoms with Crippen LogP contribution in [0.4, 0.5) is 9.18 Å². The summed E-state index contributed by atoms with van der Waals surface area (Å²) in [6.07, 6.45) is 0.532. The molecule has 2 amide bonds. The van der Waals surface area contributed by atoms with Crippen LogP contribution in [0, 0.1) is 5.82 Å². The summed E-state index contributed by atoms with van der Waals surface area (Å²) < 4.78 is 23.8. The fourth-order valence-electron chi connectivity index (χ4n) is 4.06. The minimum Gasteiger partial charge on any atom is -0.459 e. The zero-order valence-corrected chi connectivity index (χ0v) is 19.9. The van der Waals surface area contributed by atoms with Crippen molar-refractivity contribution in [2.24, 2.45) is 0 Å². The van der Waals surface area contributed by atoms with Gasteiger partial charge in [0.15, 0.2) is 6.04 Å². The summed E-state index contributed by atoms with van der Waals surface area (Å²) in [6.45, 7) is 0.995. The van der Waals surface area contributed by atoms with E-state index in [4.69, 9.17) is 21.1 Å². The van der Waals surface area contributed by atoms with Gasteiger partial charge in [-0.1, -0.05) is 41.9 Å². The van der Waals surface area contributed by atoms with Gasteiger partial charge >= 0.3 is 12.1 Å². The number of thioether (sulfide) groups is 1. The van der Waals surface area contributed by atoms with E-state index in [0.717, 1.165) is 5.56 Å². The smallest absolute Gasteiger partial charge is 0.410 e. The van der Waals surface area contributed by atoms with Gasteiger partial charge in [-0.3, -0.25) is 9.69 Å². The second-order valence-electron chi connectivity index (χ2n) is 8.07. The van der Waals surface area contributed by atoms with Crippen LogP contribution >= 0.6 is 23.4 Å². The van der Waals surface area contributed by atoms with Gasteiger partial charge in [0.2, 0.25) is 5.91 Å². The van der Waals surface area contributed by atoms with Crippen LogP contribution in [0.1, 0.15) is 18.4 Å². The Labute approximate surface area is 206 Å². The second-order valence-corrected chi connectivity index (χ2v) is 9.49. The molecule has 2 aromatic carbocycles. The molecule has 1 atom stereocenters. The van der Waals surface area contributed by atoms with Crippen molar-refractivity contribution >= 4 is 41.3 Å². The minimum atomic E-state index is -0.792. The number of rotatable bonds is 7. The van der Waals surface area contributed by atoms with Gasteiger partial charge in [-0.05, 0) is 36.6 Å². The highest BCUT2D eigenvalue weighted by atomic mass is 35.5. The Morgan fingerprint density at radius 2 is 1.88 bits per heavy atom. The third-order valence-electron chi connectivity index (χ3n) is 5.86. The Morgan fingerprint density at radius 3 is 2.59 bits per heavy atom. The van der Waals surface area contributed by atoms with Gasteiger partial charge in [-0.15, -0.1) is 11.8 Å². The molecule has 2 heterocycles. The van der Waals surface area contributed by atoms with Crippen molar-refractivity contribution in [1.29, 1.82) is 0 Å². The highest BCUT2D eigenvalue weighted by Gasteiger charge is 2.44. The summed E-state index contributed by atoms with van der Waals surface area (Å²) in [4.78, 5) is 41.5. The second kappa shape index (κ2) is 11.1. The van der Waals surface area contributed by atoms with Crippen molar-refractivity contribution in [3.05, 3.63) is 64.9 Å². The average Bonchev–Trinajstić information content (AvgIpc) is 3.24. The van der Waals surface area contributed by atoms with Crippen LogP contribution in [0.2, 0.25) is 5.02 Å². The lowest BCUT2D eigenvalue weighted by atomic mass is 10.0. The van der Waals surface area contributed by atoms with Crippen LogP contribution in [0.3, 0.4) is 0 Å². The summed E-state index contributed by atoms with van der Waals surface area (Å²) in [5.74, 6) is -0.811. The molecule has 180 valence electrons. The van der Waals surface area contributed by atoms with E-state index in [1.807, 2.05) is 30.3 Å². The highest BCUT2D eigenvalue weighted by molar-refractivity contribution is 8.00. The zero-order valence-electron chi connectivity index (χ0n) is 18.3. The number of carbonyl (C=O) groups is 3. The van der Waals surface area contributed by atoms with E-state index in [9.17, 15) is 18.8 Å². The van der Waals surface area contributed by atoms with E-state index >= 15 is 0 Å². The lowest BCUT2D eigenvalue weighted by Crippen LogP contribution is -2.52. The largest absolute Gasteiger partial charge is 0.459 e. The summed E-state index contributed by atoms with van der Waals surface area (Å²) in [5.41, 5.74) is 0.860. The van der Waals surface area contributed by atoms with Gasteiger partial charge in [-0.2, -0.15) is 0 Å². The highest BCUT2D eigenvalue weighted by Crippen LogP contribution is 2.29. The molecule has 0 radical (unpaired) electrons. The Balaban J connectivity index is 1.28. The van der Waals surface area contributed by atoms with Crippen molar-refractivity contribution in [2.75, 3.05) is 25.4 Å². The number of nitrogens with zero attached hydrogens (tertiary/aromatic N) is 2. The molecule has 0 spiro atoms. The average molecular weight is 507 g/mol. The summed E-state index contributed by atoms with van der Waals surface area (Å²) in [7, 11) is 0. The third-order valence-corrected chi connectivity index (χ3v) is 7.35. The molecule has 0 aromatic heterocycles. The number of ether oxygens (including phenoxy) is 2. The number of carbonyl (C=O) groups excluding carboxylic acids is 3. The van der Waals surface area contributed by atoms with Crippen LogP contribution in [0.5, 0.6) is 0 Å². The molecule has 2 aliphatic rings. The van der Waals surface area contributed by atoms with Crippen molar-refractivity contribution in [3.63, 3.8) is 0 Å². The number of amides is 2. The van der Waals surface area contributed by atoms with Crippen molar-refractivity contribution < 1.29 is 28.2 Å². The predicted molar refractivity (Wildman–Crippen MR) is 125 cm³/mol. The first-order valence-electron chi connectivity index (χ1n) is 10.9. The van der Waals surface area contributed by atoms with Gasteiger partial charge in [0.1, 0.15) is 19.0 Å². The van der Waals surface area contributed by atoms with E-state index in [1.54, 1.807) is 11.0 Å². The van der Waals surface area contributed by atoms with Crippen LogP contribution in [-0.4, -0.2) is 65.3 Å². The molecular formula is C24H24ClFN2O5S. The molecule has 7 nitrogen and oxygen atoms in total. The van der Waals surface area contributed by atoms with E-state index in [2.05, 4.69) is 0 Å². The molecule has 2 fully saturated rings. The zero-order chi connectivity index (χ0) is 24.1. The van der Waals surface area contributed by atoms with E-state index < -0.39 is 23.9 Å². The first kappa shape index (κ1) is 24.3. The summed E-state index contributed by atoms with van der Waals surface area (Å²) in [5, 5.41) is 0.272. The molecule has 10 heteroatoms. The number of likely N-dealkylation sites (tertiary alicyclic amines) is 1. The number of piperidine rings is 1. The van der Waals surface area contributed by atoms with Crippen molar-refractivity contribution in [2.45, 2.75) is 36.4 Å². The molecule has 2 aliphatic heterocycles. The Kier molecular flexibility index (Phi) is 7.95. The number of benzene rings is 2. The van der Waals surface area contributed by atoms with Gasteiger partial charge < -0.3 is 14.4 Å². The van der Waals surface area contributed by atoms with Gasteiger partial charge in [-0.25, -0.2) is 14.0 Å². The Hall–Kier alpha value is -2.78. The fourth-order valence-corrected chi connectivity index (χ4v) is 5.21.